The van der Waals surface area contributed by atoms with Crippen molar-refractivity contribution in [2.24, 2.45) is 0 Å². The number of nitrogens with zero attached hydrogens (tertiary/aromatic N) is 2. The Kier molecular flexibility index (Phi) is 0.832. The molecule has 1 aliphatic heterocycles. The molecule has 0 atom stereocenters. The SMILES string of the molecule is [2H]c1cnn(C2COC2)c1. The highest BCUT2D eigenvalue weighted by Crippen LogP contribution is 2.14. The second-order valence-corrected chi connectivity index (χ2v) is 2.11. The maximum atomic E-state index is 7.18. The van der Waals surface area contributed by atoms with Gasteiger partial charge in [-0.3, -0.25) is 4.68 Å². The molecular weight excluding hydrogens is 116 g/mol. The fourth-order valence-corrected chi connectivity index (χ4v) is 0.819. The molecule has 0 spiro atoms. The van der Waals surface area contributed by atoms with Gasteiger partial charge in [0.15, 0.2) is 0 Å². The van der Waals surface area contributed by atoms with E-state index in [1.165, 1.54) is 0 Å². The lowest BCUT2D eigenvalue weighted by Crippen LogP contribution is -2.30. The molecule has 1 saturated heterocycles. The summed E-state index contributed by atoms with van der Waals surface area (Å²) >= 11 is 0. The average Bonchev–Trinajstić information content (AvgIpc) is 2.10. The van der Waals surface area contributed by atoms with E-state index >= 15 is 0 Å². The Morgan fingerprint density at radius 3 is 3.11 bits per heavy atom. The van der Waals surface area contributed by atoms with Crippen LogP contribution in [0.5, 0.6) is 0 Å². The van der Waals surface area contributed by atoms with Crippen LogP contribution in [0.1, 0.15) is 7.41 Å². The molecule has 2 heterocycles. The zero-order chi connectivity index (χ0) is 6.97. The van der Waals surface area contributed by atoms with Crippen molar-refractivity contribution in [2.45, 2.75) is 6.04 Å². The molecule has 1 aliphatic rings. The lowest BCUT2D eigenvalue weighted by atomic mass is 10.3. The van der Waals surface area contributed by atoms with Gasteiger partial charge in [0.1, 0.15) is 0 Å². The van der Waals surface area contributed by atoms with Crippen molar-refractivity contribution in [1.29, 1.82) is 0 Å². The summed E-state index contributed by atoms with van der Waals surface area (Å²) in [5.74, 6) is 0. The number of hydrogen-bond donors (Lipinski definition) is 0. The lowest BCUT2D eigenvalue weighted by Gasteiger charge is -2.25. The van der Waals surface area contributed by atoms with Crippen LogP contribution in [0.25, 0.3) is 0 Å². The Hall–Kier alpha value is -0.830. The third-order valence-electron chi connectivity index (χ3n) is 1.47. The van der Waals surface area contributed by atoms with Crippen molar-refractivity contribution >= 4 is 0 Å². The maximum Gasteiger partial charge on any atom is 0.0985 e. The zero-order valence-electron chi connectivity index (χ0n) is 5.95. The molecular formula is C6H8N2O. The molecule has 0 saturated carbocycles. The highest BCUT2D eigenvalue weighted by molar-refractivity contribution is 4.83. The van der Waals surface area contributed by atoms with E-state index in [0.717, 1.165) is 13.2 Å². The van der Waals surface area contributed by atoms with E-state index in [-0.39, 0.29) is 0 Å². The van der Waals surface area contributed by atoms with E-state index in [2.05, 4.69) is 5.10 Å². The van der Waals surface area contributed by atoms with E-state index in [0.29, 0.717) is 12.1 Å². The Morgan fingerprint density at radius 2 is 2.67 bits per heavy atom. The Balaban J connectivity index is 2.17. The van der Waals surface area contributed by atoms with Crippen LogP contribution >= 0.6 is 0 Å². The number of aromatic nitrogens is 2. The largest absolute Gasteiger partial charge is 0.377 e. The fourth-order valence-electron chi connectivity index (χ4n) is 0.819. The first-order valence-electron chi connectivity index (χ1n) is 3.45. The first-order valence-corrected chi connectivity index (χ1v) is 2.95. The minimum Gasteiger partial charge on any atom is -0.377 e. The second kappa shape index (κ2) is 1.84. The van der Waals surface area contributed by atoms with E-state index in [4.69, 9.17) is 6.11 Å². The van der Waals surface area contributed by atoms with Crippen molar-refractivity contribution in [3.8, 4) is 0 Å². The Labute approximate surface area is 54.6 Å². The molecule has 0 bridgehead atoms. The molecule has 0 unspecified atom stereocenters. The smallest absolute Gasteiger partial charge is 0.0985 e. The number of ether oxygens (including phenoxy) is 1. The van der Waals surface area contributed by atoms with Crippen LogP contribution in [0.4, 0.5) is 0 Å². The van der Waals surface area contributed by atoms with Crippen LogP contribution in [0.3, 0.4) is 0 Å². The van der Waals surface area contributed by atoms with Crippen LogP contribution in [0, 0.1) is 0 Å². The van der Waals surface area contributed by atoms with Crippen LogP contribution in [0.2, 0.25) is 0 Å². The molecule has 2 rings (SSSR count). The third-order valence-corrected chi connectivity index (χ3v) is 1.47. The van der Waals surface area contributed by atoms with Gasteiger partial charge < -0.3 is 4.74 Å². The summed E-state index contributed by atoms with van der Waals surface area (Å²) in [5, 5.41) is 3.99. The van der Waals surface area contributed by atoms with Crippen molar-refractivity contribution in [3.05, 3.63) is 18.4 Å². The Bertz CT molecular complexity index is 231. The van der Waals surface area contributed by atoms with Gasteiger partial charge in [0.25, 0.3) is 0 Å². The number of hydrogen-bond acceptors (Lipinski definition) is 2. The topological polar surface area (TPSA) is 27.1 Å². The highest BCUT2D eigenvalue weighted by Gasteiger charge is 2.19. The monoisotopic (exact) mass is 125 g/mol. The van der Waals surface area contributed by atoms with Crippen molar-refractivity contribution in [3.63, 3.8) is 0 Å². The molecule has 1 fully saturated rings. The lowest BCUT2D eigenvalue weighted by molar-refractivity contribution is -0.0286. The molecule has 0 aliphatic carbocycles. The molecule has 0 N–H and O–H groups in total. The summed E-state index contributed by atoms with van der Waals surface area (Å²) in [5.41, 5.74) is 0. The summed E-state index contributed by atoms with van der Waals surface area (Å²) in [6.45, 7) is 1.47. The van der Waals surface area contributed by atoms with Gasteiger partial charge in [-0.1, -0.05) is 0 Å². The molecule has 9 heavy (non-hydrogen) atoms. The van der Waals surface area contributed by atoms with Gasteiger partial charge in [-0.05, 0) is 6.04 Å². The van der Waals surface area contributed by atoms with Gasteiger partial charge in [-0.25, -0.2) is 0 Å². The van der Waals surface area contributed by atoms with E-state index in [9.17, 15) is 0 Å². The molecule has 0 radical (unpaired) electrons. The highest BCUT2D eigenvalue weighted by atomic mass is 16.5. The predicted octanol–water partition coefficient (Wildman–Crippen LogP) is 0.454. The van der Waals surface area contributed by atoms with Gasteiger partial charge in [-0.15, -0.1) is 0 Å². The molecule has 0 amide bonds. The van der Waals surface area contributed by atoms with Gasteiger partial charge in [0, 0.05) is 12.4 Å². The standard InChI is InChI=1S/C6H8N2O/c1-2-7-8(3-1)6-4-9-5-6/h1-3,6H,4-5H2/i1D. The summed E-state index contributed by atoms with van der Waals surface area (Å²) < 4.78 is 13.9. The van der Waals surface area contributed by atoms with Crippen LogP contribution in [-0.2, 0) is 4.74 Å². The van der Waals surface area contributed by atoms with E-state index in [1.807, 2.05) is 0 Å². The van der Waals surface area contributed by atoms with E-state index in [1.54, 1.807) is 17.1 Å². The Morgan fingerprint density at radius 1 is 1.78 bits per heavy atom. The van der Waals surface area contributed by atoms with Gasteiger partial charge in [-0.2, -0.15) is 5.10 Å². The van der Waals surface area contributed by atoms with Crippen LogP contribution < -0.4 is 0 Å². The minimum atomic E-state index is 0.374. The van der Waals surface area contributed by atoms with Crippen molar-refractivity contribution < 1.29 is 6.11 Å². The second-order valence-electron chi connectivity index (χ2n) is 2.11. The summed E-state index contributed by atoms with van der Waals surface area (Å²) in [6, 6.07) is 0.839. The minimum absolute atomic E-state index is 0.374. The number of rotatable bonds is 1. The summed E-state index contributed by atoms with van der Waals surface area (Å²) in [7, 11) is 0. The van der Waals surface area contributed by atoms with Crippen LogP contribution in [0.15, 0.2) is 18.4 Å². The first kappa shape index (κ1) is 4.06. The first-order chi connectivity index (χ1) is 4.86. The molecule has 1 aromatic rings. The van der Waals surface area contributed by atoms with Crippen LogP contribution in [-0.4, -0.2) is 23.0 Å². The third kappa shape index (κ3) is 0.733. The van der Waals surface area contributed by atoms with E-state index < -0.39 is 0 Å². The molecule has 1 aromatic heterocycles. The maximum absolute atomic E-state index is 7.18. The quantitative estimate of drug-likeness (QED) is 0.545. The fraction of sp³-hybridized carbons (Fsp3) is 0.500. The molecule has 3 heteroatoms. The predicted molar refractivity (Wildman–Crippen MR) is 32.1 cm³/mol. The average molecular weight is 125 g/mol. The summed E-state index contributed by atoms with van der Waals surface area (Å²) in [6.07, 6.45) is 3.26. The molecule has 0 aromatic carbocycles. The normalized spacial score (nSPS) is 21.1. The van der Waals surface area contributed by atoms with Gasteiger partial charge in [0.2, 0.25) is 0 Å². The van der Waals surface area contributed by atoms with Crippen molar-refractivity contribution in [2.75, 3.05) is 13.2 Å². The molecule has 48 valence electrons. The summed E-state index contributed by atoms with van der Waals surface area (Å²) in [4.78, 5) is 0. The molecule has 3 nitrogen and oxygen atoms in total. The van der Waals surface area contributed by atoms with Gasteiger partial charge >= 0.3 is 0 Å². The zero-order valence-corrected chi connectivity index (χ0v) is 4.95. The van der Waals surface area contributed by atoms with Gasteiger partial charge in [0.05, 0.1) is 20.6 Å². The van der Waals surface area contributed by atoms with Crippen molar-refractivity contribution in [1.82, 2.24) is 9.78 Å².